The third-order valence-corrected chi connectivity index (χ3v) is 2.78. The number of ether oxygens (including phenoxy) is 1. The molecular formula is C16H26N2O4. The number of benzene rings is 1. The van der Waals surface area contributed by atoms with Crippen LogP contribution in [0.2, 0.25) is 0 Å². The van der Waals surface area contributed by atoms with E-state index in [0.29, 0.717) is 13.1 Å². The van der Waals surface area contributed by atoms with E-state index >= 15 is 0 Å². The lowest BCUT2D eigenvalue weighted by Gasteiger charge is -2.29. The van der Waals surface area contributed by atoms with Crippen molar-refractivity contribution in [2.75, 3.05) is 6.54 Å². The molecular weight excluding hydrogens is 284 g/mol. The van der Waals surface area contributed by atoms with E-state index in [-0.39, 0.29) is 11.5 Å². The molecule has 0 aliphatic carbocycles. The maximum absolute atomic E-state index is 11.8. The topological polar surface area (TPSA) is 90.8 Å². The minimum absolute atomic E-state index is 0.143. The number of carbonyl (C=O) groups is 1. The molecule has 0 radical (unpaired) electrons. The van der Waals surface area contributed by atoms with Gasteiger partial charge >= 0.3 is 6.09 Å². The van der Waals surface area contributed by atoms with Crippen molar-refractivity contribution in [1.29, 1.82) is 0 Å². The molecule has 6 nitrogen and oxygen atoms in total. The van der Waals surface area contributed by atoms with Gasteiger partial charge in [0.1, 0.15) is 5.60 Å². The van der Waals surface area contributed by atoms with Crippen LogP contribution >= 0.6 is 0 Å². The van der Waals surface area contributed by atoms with Crippen molar-refractivity contribution in [2.24, 2.45) is 0 Å². The molecule has 0 aliphatic heterocycles. The number of phenolic OH excluding ortho intramolecular Hbond substituents is 2. The number of phenols is 2. The summed E-state index contributed by atoms with van der Waals surface area (Å²) < 4.78 is 5.23. The lowest BCUT2D eigenvalue weighted by molar-refractivity contribution is 0.0472. The van der Waals surface area contributed by atoms with Gasteiger partial charge in [-0.25, -0.2) is 4.79 Å². The van der Waals surface area contributed by atoms with Crippen molar-refractivity contribution in [1.82, 2.24) is 10.6 Å². The second kappa shape index (κ2) is 6.87. The first-order valence-electron chi connectivity index (χ1n) is 7.21. The predicted octanol–water partition coefficient (Wildman–Crippen LogP) is 2.49. The van der Waals surface area contributed by atoms with Gasteiger partial charge in [0.05, 0.1) is 5.54 Å². The Balaban J connectivity index is 2.45. The van der Waals surface area contributed by atoms with Crippen molar-refractivity contribution in [3.63, 3.8) is 0 Å². The SMILES string of the molecule is CC(C)(CNCc1ccc(O)c(O)c1)NC(=O)OC(C)(C)C. The highest BCUT2D eigenvalue weighted by atomic mass is 16.6. The van der Waals surface area contributed by atoms with Gasteiger partial charge in [-0.1, -0.05) is 6.07 Å². The summed E-state index contributed by atoms with van der Waals surface area (Å²) in [6.45, 7) is 10.2. The van der Waals surface area contributed by atoms with Gasteiger partial charge in [0.2, 0.25) is 0 Å². The van der Waals surface area contributed by atoms with Gasteiger partial charge in [-0.15, -0.1) is 0 Å². The number of nitrogens with one attached hydrogen (secondary N) is 2. The van der Waals surface area contributed by atoms with Crippen LogP contribution < -0.4 is 10.6 Å². The predicted molar refractivity (Wildman–Crippen MR) is 84.9 cm³/mol. The quantitative estimate of drug-likeness (QED) is 0.627. The molecule has 0 aromatic heterocycles. The third kappa shape index (κ3) is 6.67. The molecule has 0 unspecified atom stereocenters. The summed E-state index contributed by atoms with van der Waals surface area (Å²) in [6, 6.07) is 4.66. The van der Waals surface area contributed by atoms with Crippen LogP contribution in [0.1, 0.15) is 40.2 Å². The van der Waals surface area contributed by atoms with Gasteiger partial charge in [0.25, 0.3) is 0 Å². The average Bonchev–Trinajstić information content (AvgIpc) is 2.30. The van der Waals surface area contributed by atoms with Gasteiger partial charge in [-0.05, 0) is 52.3 Å². The van der Waals surface area contributed by atoms with Crippen LogP contribution in [0.4, 0.5) is 4.79 Å². The standard InChI is InChI=1S/C16H26N2O4/c1-15(2,3)22-14(21)18-16(4,5)10-17-9-11-6-7-12(19)13(20)8-11/h6-8,17,19-20H,9-10H2,1-5H3,(H,18,21). The fraction of sp³-hybridized carbons (Fsp3) is 0.562. The number of carbonyl (C=O) groups excluding carboxylic acids is 1. The van der Waals surface area contributed by atoms with Crippen LogP contribution in [0.15, 0.2) is 18.2 Å². The smallest absolute Gasteiger partial charge is 0.408 e. The minimum Gasteiger partial charge on any atom is -0.504 e. The van der Waals surface area contributed by atoms with E-state index in [9.17, 15) is 15.0 Å². The molecule has 1 amide bonds. The summed E-state index contributed by atoms with van der Waals surface area (Å²) in [4.78, 5) is 11.8. The largest absolute Gasteiger partial charge is 0.504 e. The van der Waals surface area contributed by atoms with E-state index in [1.165, 1.54) is 12.1 Å². The molecule has 0 aliphatic rings. The van der Waals surface area contributed by atoms with Gasteiger partial charge in [0.15, 0.2) is 11.5 Å². The highest BCUT2D eigenvalue weighted by molar-refractivity contribution is 5.68. The summed E-state index contributed by atoms with van der Waals surface area (Å²) in [5.74, 6) is -0.291. The molecule has 1 rings (SSSR count). The Labute approximate surface area is 131 Å². The van der Waals surface area contributed by atoms with Crippen molar-refractivity contribution < 1.29 is 19.7 Å². The van der Waals surface area contributed by atoms with Crippen molar-refractivity contribution >= 4 is 6.09 Å². The Bertz CT molecular complexity index is 521. The molecule has 0 atom stereocenters. The molecule has 0 bridgehead atoms. The van der Waals surface area contributed by atoms with Gasteiger partial charge in [-0.2, -0.15) is 0 Å². The zero-order valence-corrected chi connectivity index (χ0v) is 13.9. The normalized spacial score (nSPS) is 12.0. The Kier molecular flexibility index (Phi) is 5.65. The molecule has 0 saturated carbocycles. The van der Waals surface area contributed by atoms with Crippen molar-refractivity contribution in [3.05, 3.63) is 23.8 Å². The summed E-state index contributed by atoms with van der Waals surface area (Å²) in [5, 5.41) is 24.7. The van der Waals surface area contributed by atoms with Crippen LogP contribution in [0.5, 0.6) is 11.5 Å². The summed E-state index contributed by atoms with van der Waals surface area (Å²) >= 11 is 0. The van der Waals surface area contributed by atoms with E-state index in [2.05, 4.69) is 10.6 Å². The maximum atomic E-state index is 11.8. The Morgan fingerprint density at radius 1 is 1.14 bits per heavy atom. The molecule has 1 aromatic carbocycles. The van der Waals surface area contributed by atoms with Gasteiger partial charge < -0.3 is 25.6 Å². The minimum atomic E-state index is -0.531. The molecule has 124 valence electrons. The second-order valence-corrected chi connectivity index (χ2v) is 6.94. The lowest BCUT2D eigenvalue weighted by atomic mass is 10.1. The van der Waals surface area contributed by atoms with E-state index in [4.69, 9.17) is 4.74 Å². The highest BCUT2D eigenvalue weighted by Gasteiger charge is 2.24. The van der Waals surface area contributed by atoms with Crippen molar-refractivity contribution in [3.8, 4) is 11.5 Å². The van der Waals surface area contributed by atoms with E-state index in [0.717, 1.165) is 5.56 Å². The molecule has 0 saturated heterocycles. The summed E-state index contributed by atoms with van der Waals surface area (Å²) in [7, 11) is 0. The van der Waals surface area contributed by atoms with Crippen LogP contribution in [0, 0.1) is 0 Å². The van der Waals surface area contributed by atoms with E-state index in [1.54, 1.807) is 6.07 Å². The van der Waals surface area contributed by atoms with Crippen molar-refractivity contribution in [2.45, 2.75) is 52.3 Å². The maximum Gasteiger partial charge on any atom is 0.408 e. The number of alkyl carbamates (subject to hydrolysis) is 1. The lowest BCUT2D eigenvalue weighted by Crippen LogP contribution is -2.51. The zero-order valence-electron chi connectivity index (χ0n) is 13.9. The summed E-state index contributed by atoms with van der Waals surface area (Å²) in [5.41, 5.74) is -0.179. The number of hydrogen-bond acceptors (Lipinski definition) is 5. The average molecular weight is 310 g/mol. The fourth-order valence-electron chi connectivity index (χ4n) is 1.82. The molecule has 0 heterocycles. The third-order valence-electron chi connectivity index (χ3n) is 2.78. The number of hydrogen-bond donors (Lipinski definition) is 4. The van der Waals surface area contributed by atoms with Crippen LogP contribution in [-0.4, -0.2) is 34.0 Å². The zero-order chi connectivity index (χ0) is 17.0. The Morgan fingerprint density at radius 2 is 1.77 bits per heavy atom. The summed E-state index contributed by atoms with van der Waals surface area (Å²) in [6.07, 6.45) is -0.457. The number of amides is 1. The van der Waals surface area contributed by atoms with Gasteiger partial charge in [-0.3, -0.25) is 0 Å². The van der Waals surface area contributed by atoms with E-state index in [1.807, 2.05) is 34.6 Å². The molecule has 0 fully saturated rings. The fourth-order valence-corrected chi connectivity index (χ4v) is 1.82. The molecule has 1 aromatic rings. The Morgan fingerprint density at radius 3 is 2.32 bits per heavy atom. The highest BCUT2D eigenvalue weighted by Crippen LogP contribution is 2.24. The molecule has 6 heteroatoms. The van der Waals surface area contributed by atoms with Crippen LogP contribution in [0.25, 0.3) is 0 Å². The first-order chi connectivity index (χ1) is 9.98. The second-order valence-electron chi connectivity index (χ2n) is 6.94. The Hall–Kier alpha value is -1.95. The van der Waals surface area contributed by atoms with E-state index < -0.39 is 17.2 Å². The molecule has 4 N–H and O–H groups in total. The number of aromatic hydroxyl groups is 2. The number of rotatable bonds is 5. The first-order valence-corrected chi connectivity index (χ1v) is 7.21. The monoisotopic (exact) mass is 310 g/mol. The first kappa shape index (κ1) is 18.1. The van der Waals surface area contributed by atoms with Crippen LogP contribution in [0.3, 0.4) is 0 Å². The van der Waals surface area contributed by atoms with Crippen LogP contribution in [-0.2, 0) is 11.3 Å². The molecule has 22 heavy (non-hydrogen) atoms. The molecule has 0 spiro atoms. The van der Waals surface area contributed by atoms with Gasteiger partial charge in [0, 0.05) is 13.1 Å².